The van der Waals surface area contributed by atoms with E-state index >= 15 is 0 Å². The van der Waals surface area contributed by atoms with E-state index in [9.17, 15) is 9.90 Å². The first-order valence-corrected chi connectivity index (χ1v) is 9.33. The van der Waals surface area contributed by atoms with Gasteiger partial charge in [-0.1, -0.05) is 30.3 Å². The molecule has 2 aromatic rings. The van der Waals surface area contributed by atoms with Crippen molar-refractivity contribution in [1.29, 1.82) is 0 Å². The van der Waals surface area contributed by atoms with Crippen LogP contribution in [0.1, 0.15) is 55.5 Å². The Labute approximate surface area is 162 Å². The van der Waals surface area contributed by atoms with Crippen molar-refractivity contribution in [2.24, 2.45) is 0 Å². The number of aryl methyl sites for hydroxylation is 3. The molecule has 0 saturated carbocycles. The molecule has 0 amide bonds. The van der Waals surface area contributed by atoms with Gasteiger partial charge >= 0.3 is 5.97 Å². The number of hydrogen-bond donors (Lipinski definition) is 1. The van der Waals surface area contributed by atoms with Crippen molar-refractivity contribution in [3.05, 3.63) is 64.7 Å². The van der Waals surface area contributed by atoms with E-state index in [1.165, 1.54) is 16.7 Å². The first kappa shape index (κ1) is 21.0. The normalized spacial score (nSPS) is 12.5. The van der Waals surface area contributed by atoms with Crippen LogP contribution in [0.4, 0.5) is 0 Å². The second-order valence-corrected chi connectivity index (χ2v) is 7.92. The fraction of sp³-hybridized carbons (Fsp3) is 0.435. The summed E-state index contributed by atoms with van der Waals surface area (Å²) in [6.07, 6.45) is 0.834. The third-order valence-corrected chi connectivity index (χ3v) is 4.30. The van der Waals surface area contributed by atoms with Gasteiger partial charge in [-0.05, 0) is 81.8 Å². The third-order valence-electron chi connectivity index (χ3n) is 4.30. The van der Waals surface area contributed by atoms with E-state index < -0.39 is 17.7 Å². The van der Waals surface area contributed by atoms with Crippen LogP contribution in [0.3, 0.4) is 0 Å². The molecule has 0 aliphatic rings. The second-order valence-electron chi connectivity index (χ2n) is 7.92. The third kappa shape index (κ3) is 7.06. The Hall–Kier alpha value is -2.33. The summed E-state index contributed by atoms with van der Waals surface area (Å²) >= 11 is 0. The molecule has 0 fully saturated rings. The fourth-order valence-corrected chi connectivity index (χ4v) is 2.75. The standard InChI is InChI=1S/C23H30O4/c1-16-9-10-18(13-17(16)2)11-12-21(24)19-7-6-8-20(14-19)26-15-22(25)27-23(3,4)5/h6-10,13-14,21,24H,11-12,15H2,1-5H3/t21-/m0/s1. The largest absolute Gasteiger partial charge is 0.482 e. The number of hydrogen-bond acceptors (Lipinski definition) is 4. The lowest BCUT2D eigenvalue weighted by molar-refractivity contribution is -0.157. The zero-order valence-corrected chi connectivity index (χ0v) is 16.9. The summed E-state index contributed by atoms with van der Waals surface area (Å²) in [5, 5.41) is 10.5. The van der Waals surface area contributed by atoms with Gasteiger partial charge in [0, 0.05) is 0 Å². The van der Waals surface area contributed by atoms with Crippen LogP contribution < -0.4 is 4.74 Å². The summed E-state index contributed by atoms with van der Waals surface area (Å²) in [5.41, 5.74) is 4.00. The highest BCUT2D eigenvalue weighted by atomic mass is 16.6. The number of carbonyl (C=O) groups is 1. The Kier molecular flexibility index (Phi) is 7.03. The number of ether oxygens (including phenoxy) is 2. The van der Waals surface area contributed by atoms with Gasteiger partial charge in [-0.15, -0.1) is 0 Å². The summed E-state index contributed by atoms with van der Waals surface area (Å²) in [6, 6.07) is 13.6. The Morgan fingerprint density at radius 3 is 2.48 bits per heavy atom. The maximum absolute atomic E-state index is 11.8. The average molecular weight is 370 g/mol. The zero-order valence-electron chi connectivity index (χ0n) is 16.9. The quantitative estimate of drug-likeness (QED) is 0.719. The highest BCUT2D eigenvalue weighted by Crippen LogP contribution is 2.24. The molecule has 0 saturated heterocycles. The molecule has 0 bridgehead atoms. The molecule has 0 radical (unpaired) electrons. The minimum Gasteiger partial charge on any atom is -0.482 e. The predicted molar refractivity (Wildman–Crippen MR) is 107 cm³/mol. The van der Waals surface area contributed by atoms with Crippen LogP contribution in [0.25, 0.3) is 0 Å². The zero-order chi connectivity index (χ0) is 20.0. The highest BCUT2D eigenvalue weighted by Gasteiger charge is 2.17. The Bertz CT molecular complexity index is 774. The lowest BCUT2D eigenvalue weighted by atomic mass is 9.99. The van der Waals surface area contributed by atoms with Crippen molar-refractivity contribution >= 4 is 5.97 Å². The highest BCUT2D eigenvalue weighted by molar-refractivity contribution is 5.71. The van der Waals surface area contributed by atoms with Crippen molar-refractivity contribution in [1.82, 2.24) is 0 Å². The summed E-state index contributed by atoms with van der Waals surface area (Å²) in [4.78, 5) is 11.8. The minimum atomic E-state index is -0.586. The predicted octanol–water partition coefficient (Wildman–Crippen LogP) is 4.69. The van der Waals surface area contributed by atoms with Crippen LogP contribution in [0.5, 0.6) is 5.75 Å². The summed E-state index contributed by atoms with van der Waals surface area (Å²) in [7, 11) is 0. The van der Waals surface area contributed by atoms with Crippen molar-refractivity contribution in [3.63, 3.8) is 0 Å². The van der Waals surface area contributed by atoms with E-state index in [4.69, 9.17) is 9.47 Å². The summed E-state index contributed by atoms with van der Waals surface area (Å²) in [5.74, 6) is 0.131. The average Bonchev–Trinajstić information content (AvgIpc) is 2.59. The Morgan fingerprint density at radius 2 is 1.81 bits per heavy atom. The molecule has 0 unspecified atom stereocenters. The maximum atomic E-state index is 11.8. The molecule has 0 aromatic heterocycles. The molecule has 0 aliphatic carbocycles. The molecule has 27 heavy (non-hydrogen) atoms. The Morgan fingerprint density at radius 1 is 1.07 bits per heavy atom. The first-order chi connectivity index (χ1) is 12.6. The van der Waals surface area contributed by atoms with Gasteiger partial charge in [0.15, 0.2) is 6.61 Å². The topological polar surface area (TPSA) is 55.8 Å². The van der Waals surface area contributed by atoms with Crippen molar-refractivity contribution in [2.45, 2.75) is 59.2 Å². The number of aliphatic hydroxyl groups is 1. The van der Waals surface area contributed by atoms with E-state index in [1.807, 2.05) is 32.9 Å². The van der Waals surface area contributed by atoms with Crippen molar-refractivity contribution in [2.75, 3.05) is 6.61 Å². The smallest absolute Gasteiger partial charge is 0.344 e. The van der Waals surface area contributed by atoms with Crippen LogP contribution in [-0.2, 0) is 16.0 Å². The lowest BCUT2D eigenvalue weighted by Crippen LogP contribution is -2.27. The molecular formula is C23H30O4. The van der Waals surface area contributed by atoms with Crippen LogP contribution >= 0.6 is 0 Å². The monoisotopic (exact) mass is 370 g/mol. The van der Waals surface area contributed by atoms with Gasteiger partial charge in [0.2, 0.25) is 0 Å². The molecule has 146 valence electrons. The molecule has 4 heteroatoms. The van der Waals surface area contributed by atoms with Gasteiger partial charge in [-0.25, -0.2) is 4.79 Å². The van der Waals surface area contributed by atoms with Gasteiger partial charge in [-0.2, -0.15) is 0 Å². The number of benzene rings is 2. The van der Waals surface area contributed by atoms with E-state index in [0.717, 1.165) is 12.0 Å². The number of rotatable bonds is 7. The molecule has 4 nitrogen and oxygen atoms in total. The van der Waals surface area contributed by atoms with Gasteiger partial charge < -0.3 is 14.6 Å². The van der Waals surface area contributed by atoms with Gasteiger partial charge in [0.25, 0.3) is 0 Å². The number of carbonyl (C=O) groups excluding carboxylic acids is 1. The molecule has 1 N–H and O–H groups in total. The lowest BCUT2D eigenvalue weighted by Gasteiger charge is -2.19. The van der Waals surface area contributed by atoms with Gasteiger partial charge in [0.05, 0.1) is 6.10 Å². The fourth-order valence-electron chi connectivity index (χ4n) is 2.75. The van der Waals surface area contributed by atoms with Crippen LogP contribution in [0, 0.1) is 13.8 Å². The van der Waals surface area contributed by atoms with Gasteiger partial charge in [-0.3, -0.25) is 0 Å². The number of esters is 1. The summed E-state index contributed by atoms with van der Waals surface area (Å²) < 4.78 is 10.7. The first-order valence-electron chi connectivity index (χ1n) is 9.33. The van der Waals surface area contributed by atoms with Crippen molar-refractivity contribution in [3.8, 4) is 5.75 Å². The van der Waals surface area contributed by atoms with Crippen LogP contribution in [-0.4, -0.2) is 23.3 Å². The van der Waals surface area contributed by atoms with E-state index in [0.29, 0.717) is 12.2 Å². The molecule has 0 aliphatic heterocycles. The van der Waals surface area contributed by atoms with Crippen molar-refractivity contribution < 1.29 is 19.4 Å². The number of aliphatic hydroxyl groups excluding tert-OH is 1. The van der Waals surface area contributed by atoms with E-state index in [2.05, 4.69) is 32.0 Å². The minimum absolute atomic E-state index is 0.153. The molecule has 1 atom stereocenters. The molecule has 0 spiro atoms. The SMILES string of the molecule is Cc1ccc(CC[C@H](O)c2cccc(OCC(=O)OC(C)(C)C)c2)cc1C. The molecule has 2 rings (SSSR count). The summed E-state index contributed by atoms with van der Waals surface area (Å²) in [6.45, 7) is 9.49. The van der Waals surface area contributed by atoms with Gasteiger partial charge in [0.1, 0.15) is 11.4 Å². The molecule has 0 heterocycles. The van der Waals surface area contributed by atoms with E-state index in [1.54, 1.807) is 12.1 Å². The molecule has 2 aromatic carbocycles. The molecular weight excluding hydrogens is 340 g/mol. The van der Waals surface area contributed by atoms with E-state index in [-0.39, 0.29) is 6.61 Å². The van der Waals surface area contributed by atoms with Crippen LogP contribution in [0.2, 0.25) is 0 Å². The second kappa shape index (κ2) is 9.05. The maximum Gasteiger partial charge on any atom is 0.344 e. The van der Waals surface area contributed by atoms with Crippen LogP contribution in [0.15, 0.2) is 42.5 Å². The Balaban J connectivity index is 1.91.